The number of ether oxygens (including phenoxy) is 1. The summed E-state index contributed by atoms with van der Waals surface area (Å²) in [5.41, 5.74) is 1.10. The summed E-state index contributed by atoms with van der Waals surface area (Å²) in [5, 5.41) is 3.26. The summed E-state index contributed by atoms with van der Waals surface area (Å²) in [6.07, 6.45) is -2.31. The molecule has 180 valence electrons. The van der Waals surface area contributed by atoms with E-state index in [-0.39, 0.29) is 12.1 Å². The first-order valence-corrected chi connectivity index (χ1v) is 11.0. The van der Waals surface area contributed by atoms with Crippen molar-refractivity contribution in [2.75, 3.05) is 13.7 Å². The van der Waals surface area contributed by atoms with Crippen molar-refractivity contribution < 1.29 is 27.1 Å². The molecular formula is C25H25F4N3O2. The Morgan fingerprint density at radius 1 is 1.18 bits per heavy atom. The van der Waals surface area contributed by atoms with Gasteiger partial charge >= 0.3 is 12.1 Å². The highest BCUT2D eigenvalue weighted by atomic mass is 19.4. The number of allylic oxidation sites excluding steroid dienone is 1. The van der Waals surface area contributed by atoms with E-state index < -0.39 is 29.6 Å². The number of carbonyl (C=O) groups is 1. The summed E-state index contributed by atoms with van der Waals surface area (Å²) >= 11 is 0. The number of alkyl halides is 3. The van der Waals surface area contributed by atoms with Gasteiger partial charge in [-0.05, 0) is 61.1 Å². The number of benzene rings is 2. The molecule has 5 nitrogen and oxygen atoms in total. The Labute approximate surface area is 195 Å². The number of aliphatic imine (C=N–C) groups is 1. The van der Waals surface area contributed by atoms with E-state index in [2.05, 4.69) is 5.32 Å². The second kappa shape index (κ2) is 9.48. The number of nitrogens with one attached hydrogen (secondary N) is 1. The predicted octanol–water partition coefficient (Wildman–Crippen LogP) is 5.20. The fourth-order valence-corrected chi connectivity index (χ4v) is 3.94. The molecule has 1 heterocycles. The minimum Gasteiger partial charge on any atom is -0.466 e. The van der Waals surface area contributed by atoms with Crippen LogP contribution in [0.3, 0.4) is 0 Å². The zero-order chi connectivity index (χ0) is 24.5. The quantitative estimate of drug-likeness (QED) is 0.461. The zero-order valence-electron chi connectivity index (χ0n) is 18.8. The number of guanidine groups is 1. The molecule has 2 aliphatic rings. The predicted molar refractivity (Wildman–Crippen MR) is 119 cm³/mol. The Morgan fingerprint density at radius 3 is 2.50 bits per heavy atom. The smallest absolute Gasteiger partial charge is 0.416 e. The molecule has 1 aliphatic carbocycles. The first-order valence-electron chi connectivity index (χ1n) is 11.0. The molecule has 1 N–H and O–H groups in total. The van der Waals surface area contributed by atoms with E-state index in [4.69, 9.17) is 9.73 Å². The molecule has 2 aromatic carbocycles. The van der Waals surface area contributed by atoms with Crippen molar-refractivity contribution in [3.05, 3.63) is 82.3 Å². The molecule has 1 fully saturated rings. The van der Waals surface area contributed by atoms with Crippen LogP contribution in [0.1, 0.15) is 42.5 Å². The van der Waals surface area contributed by atoms with Crippen LogP contribution in [0.15, 0.2) is 64.8 Å². The van der Waals surface area contributed by atoms with E-state index >= 15 is 0 Å². The van der Waals surface area contributed by atoms with Crippen LogP contribution in [-0.4, -0.2) is 30.5 Å². The van der Waals surface area contributed by atoms with E-state index in [1.165, 1.54) is 25.3 Å². The van der Waals surface area contributed by atoms with E-state index in [0.29, 0.717) is 35.2 Å². The van der Waals surface area contributed by atoms with E-state index in [0.717, 1.165) is 25.0 Å². The van der Waals surface area contributed by atoms with Gasteiger partial charge in [-0.1, -0.05) is 24.3 Å². The Hall–Kier alpha value is -3.36. The highest BCUT2D eigenvalue weighted by Gasteiger charge is 2.36. The number of esters is 1. The molecule has 1 atom stereocenters. The number of rotatable bonds is 6. The van der Waals surface area contributed by atoms with E-state index in [9.17, 15) is 22.4 Å². The molecule has 0 aromatic heterocycles. The minimum atomic E-state index is -4.46. The van der Waals surface area contributed by atoms with Crippen molar-refractivity contribution in [1.29, 1.82) is 0 Å². The molecule has 0 radical (unpaired) electrons. The topological polar surface area (TPSA) is 53.9 Å². The van der Waals surface area contributed by atoms with Crippen LogP contribution in [0, 0.1) is 11.7 Å². The van der Waals surface area contributed by atoms with Crippen molar-refractivity contribution in [2.24, 2.45) is 10.9 Å². The number of nitrogens with zero attached hydrogens (tertiary/aromatic N) is 2. The monoisotopic (exact) mass is 475 g/mol. The zero-order valence-corrected chi connectivity index (χ0v) is 18.8. The van der Waals surface area contributed by atoms with E-state index in [1.54, 1.807) is 30.0 Å². The lowest BCUT2D eigenvalue weighted by Crippen LogP contribution is -2.48. The third kappa shape index (κ3) is 5.24. The van der Waals surface area contributed by atoms with Crippen LogP contribution in [0.2, 0.25) is 0 Å². The molecule has 0 spiro atoms. The third-order valence-electron chi connectivity index (χ3n) is 6.01. The van der Waals surface area contributed by atoms with Crippen LogP contribution in [0.4, 0.5) is 17.6 Å². The van der Waals surface area contributed by atoms with Gasteiger partial charge in [0.15, 0.2) is 5.96 Å². The van der Waals surface area contributed by atoms with Gasteiger partial charge in [0.1, 0.15) is 5.82 Å². The van der Waals surface area contributed by atoms with Crippen molar-refractivity contribution >= 4 is 11.9 Å². The lowest BCUT2D eigenvalue weighted by Gasteiger charge is -2.38. The van der Waals surface area contributed by atoms with Gasteiger partial charge in [-0.3, -0.25) is 4.99 Å². The highest BCUT2D eigenvalue weighted by Crippen LogP contribution is 2.35. The van der Waals surface area contributed by atoms with Gasteiger partial charge < -0.3 is 15.0 Å². The fourth-order valence-electron chi connectivity index (χ4n) is 3.94. The molecule has 0 amide bonds. The summed E-state index contributed by atoms with van der Waals surface area (Å²) < 4.78 is 58.3. The second-order valence-electron chi connectivity index (χ2n) is 8.51. The second-order valence-corrected chi connectivity index (χ2v) is 8.51. The molecule has 2 aromatic rings. The average Bonchev–Trinajstić information content (AvgIpc) is 3.63. The SMILES string of the molecule is COC(=O)C1=C(C)N(Cc2cccc(C(F)(F)F)c2)C(=NCC2CC2)NC1c1ccc(F)cc1. The lowest BCUT2D eigenvalue weighted by atomic mass is 9.94. The van der Waals surface area contributed by atoms with Crippen molar-refractivity contribution in [2.45, 2.75) is 38.5 Å². The largest absolute Gasteiger partial charge is 0.466 e. The summed E-state index contributed by atoms with van der Waals surface area (Å²) in [7, 11) is 1.26. The number of hydrogen-bond acceptors (Lipinski definition) is 3. The Kier molecular flexibility index (Phi) is 6.63. The van der Waals surface area contributed by atoms with Gasteiger partial charge in [0.2, 0.25) is 0 Å². The Balaban J connectivity index is 1.77. The molecule has 34 heavy (non-hydrogen) atoms. The maximum atomic E-state index is 13.5. The van der Waals surface area contributed by atoms with Crippen LogP contribution in [0.5, 0.6) is 0 Å². The van der Waals surface area contributed by atoms with Crippen molar-refractivity contribution in [3.63, 3.8) is 0 Å². The third-order valence-corrected chi connectivity index (χ3v) is 6.01. The molecule has 1 aliphatic heterocycles. The average molecular weight is 475 g/mol. The maximum Gasteiger partial charge on any atom is 0.416 e. The summed E-state index contributed by atoms with van der Waals surface area (Å²) in [6.45, 7) is 2.35. The first kappa shape index (κ1) is 23.8. The number of methoxy groups -OCH3 is 1. The maximum absolute atomic E-state index is 13.5. The highest BCUT2D eigenvalue weighted by molar-refractivity contribution is 5.96. The van der Waals surface area contributed by atoms with E-state index in [1.807, 2.05) is 0 Å². The molecular weight excluding hydrogens is 450 g/mol. The molecule has 0 bridgehead atoms. The number of halogens is 4. The van der Waals surface area contributed by atoms with Crippen LogP contribution in [0.25, 0.3) is 0 Å². The number of hydrogen-bond donors (Lipinski definition) is 1. The molecule has 1 unspecified atom stereocenters. The Morgan fingerprint density at radius 2 is 1.88 bits per heavy atom. The Bertz CT molecular complexity index is 1120. The van der Waals surface area contributed by atoms with Crippen molar-refractivity contribution in [1.82, 2.24) is 10.2 Å². The first-order chi connectivity index (χ1) is 16.2. The van der Waals surface area contributed by atoms with Gasteiger partial charge in [0.25, 0.3) is 0 Å². The normalized spacial score (nSPS) is 19.9. The van der Waals surface area contributed by atoms with Crippen LogP contribution >= 0.6 is 0 Å². The summed E-state index contributed by atoms with van der Waals surface area (Å²) in [5.74, 6) is -0.0765. The van der Waals surface area contributed by atoms with Crippen LogP contribution < -0.4 is 5.32 Å². The molecule has 4 rings (SSSR count). The molecule has 1 saturated carbocycles. The van der Waals surface area contributed by atoms with Crippen LogP contribution in [-0.2, 0) is 22.3 Å². The molecule has 0 saturated heterocycles. The lowest BCUT2D eigenvalue weighted by molar-refractivity contribution is -0.138. The standard InChI is InChI=1S/C25H25F4N3O2/c1-15-21(23(33)34-2)22(18-8-10-20(26)11-9-18)31-24(30-13-16-6-7-16)32(15)14-17-4-3-5-19(12-17)25(27,28)29/h3-5,8-12,16,22H,6-7,13-14H2,1-2H3,(H,30,31). The molecule has 9 heteroatoms. The summed E-state index contributed by atoms with van der Waals surface area (Å²) in [6, 6.07) is 10.2. The van der Waals surface area contributed by atoms with Gasteiger partial charge in [0.05, 0.1) is 30.8 Å². The fraction of sp³-hybridized carbons (Fsp3) is 0.360. The van der Waals surface area contributed by atoms with Gasteiger partial charge in [-0.15, -0.1) is 0 Å². The van der Waals surface area contributed by atoms with Gasteiger partial charge in [0, 0.05) is 12.2 Å². The number of carbonyl (C=O) groups excluding carboxylic acids is 1. The minimum absolute atomic E-state index is 0.0723. The van der Waals surface area contributed by atoms with Crippen molar-refractivity contribution in [3.8, 4) is 0 Å². The summed E-state index contributed by atoms with van der Waals surface area (Å²) in [4.78, 5) is 19.2. The van der Waals surface area contributed by atoms with Gasteiger partial charge in [-0.2, -0.15) is 13.2 Å². The van der Waals surface area contributed by atoms with Gasteiger partial charge in [-0.25, -0.2) is 9.18 Å².